The topological polar surface area (TPSA) is 83.7 Å². The van der Waals surface area contributed by atoms with E-state index >= 15 is 0 Å². The number of carbonyl (C=O) groups excluding carboxylic acids is 2. The fourth-order valence-corrected chi connectivity index (χ4v) is 3.12. The number of benzene rings is 2. The molecule has 1 aromatic heterocycles. The summed E-state index contributed by atoms with van der Waals surface area (Å²) in [7, 11) is 0. The van der Waals surface area contributed by atoms with Crippen molar-refractivity contribution in [2.75, 3.05) is 5.32 Å². The first-order valence-corrected chi connectivity index (χ1v) is 9.37. The van der Waals surface area contributed by atoms with Crippen molar-refractivity contribution in [1.29, 1.82) is 0 Å². The summed E-state index contributed by atoms with van der Waals surface area (Å²) < 4.78 is 5.68. The molecule has 6 nitrogen and oxygen atoms in total. The van der Waals surface area contributed by atoms with Gasteiger partial charge in [0.1, 0.15) is 5.76 Å². The predicted octanol–water partition coefficient (Wildman–Crippen LogP) is 4.46. The molecule has 0 fully saturated rings. The van der Waals surface area contributed by atoms with Crippen LogP contribution >= 0.6 is 11.8 Å². The normalized spacial score (nSPS) is 10.8. The van der Waals surface area contributed by atoms with Crippen molar-refractivity contribution in [2.45, 2.75) is 23.8 Å². The summed E-state index contributed by atoms with van der Waals surface area (Å²) in [6.07, 6.45) is 1.44. The quantitative estimate of drug-likeness (QED) is 0.478. The van der Waals surface area contributed by atoms with Crippen molar-refractivity contribution >= 4 is 35.5 Å². The zero-order valence-electron chi connectivity index (χ0n) is 15.4. The number of hydrogen-bond acceptors (Lipinski definition) is 5. The molecular formula is C21H19N3O3S. The van der Waals surface area contributed by atoms with Gasteiger partial charge in [-0.15, -0.1) is 0 Å². The van der Waals surface area contributed by atoms with Gasteiger partial charge in [0.05, 0.1) is 6.21 Å². The second-order valence-electron chi connectivity index (χ2n) is 6.03. The van der Waals surface area contributed by atoms with Gasteiger partial charge in [-0.2, -0.15) is 5.10 Å². The molecule has 0 spiro atoms. The Balaban J connectivity index is 1.57. The highest BCUT2D eigenvalue weighted by Crippen LogP contribution is 2.28. The lowest BCUT2D eigenvalue weighted by molar-refractivity contribution is -0.114. The molecule has 0 aliphatic carbocycles. The Bertz CT molecular complexity index is 1010. The van der Waals surface area contributed by atoms with E-state index in [0.29, 0.717) is 17.0 Å². The van der Waals surface area contributed by atoms with Crippen LogP contribution in [0.15, 0.2) is 80.2 Å². The zero-order valence-corrected chi connectivity index (χ0v) is 16.2. The summed E-state index contributed by atoms with van der Waals surface area (Å²) in [5.41, 5.74) is 4.58. The van der Waals surface area contributed by atoms with Crippen LogP contribution in [0.25, 0.3) is 0 Å². The smallest absolute Gasteiger partial charge is 0.271 e. The summed E-state index contributed by atoms with van der Waals surface area (Å²) in [5, 5.41) is 7.29. The van der Waals surface area contributed by atoms with E-state index in [1.807, 2.05) is 37.3 Å². The van der Waals surface area contributed by atoms with Crippen molar-refractivity contribution in [3.8, 4) is 0 Å². The Labute approximate surface area is 167 Å². The number of amides is 2. The molecule has 0 saturated carbocycles. The van der Waals surface area contributed by atoms with Crippen LogP contribution in [-0.2, 0) is 4.79 Å². The van der Waals surface area contributed by atoms with E-state index < -0.39 is 0 Å². The second-order valence-corrected chi connectivity index (χ2v) is 7.11. The molecule has 1 heterocycles. The number of hydrazone groups is 1. The van der Waals surface area contributed by atoms with E-state index in [9.17, 15) is 9.59 Å². The maximum atomic E-state index is 12.2. The maximum absolute atomic E-state index is 12.2. The molecule has 0 aliphatic heterocycles. The SMILES string of the molecule is CC(=O)Nc1cccc(C(=O)NN=Cc2ccc(Sc3ccc(C)cc3)o2)c1. The van der Waals surface area contributed by atoms with Gasteiger partial charge in [0.25, 0.3) is 5.91 Å². The van der Waals surface area contributed by atoms with Gasteiger partial charge in [-0.05, 0) is 49.4 Å². The summed E-state index contributed by atoms with van der Waals surface area (Å²) in [6, 6.07) is 18.4. The van der Waals surface area contributed by atoms with Crippen LogP contribution in [0.4, 0.5) is 5.69 Å². The van der Waals surface area contributed by atoms with Crippen LogP contribution in [0.1, 0.15) is 28.6 Å². The molecule has 2 N–H and O–H groups in total. The number of furan rings is 1. The van der Waals surface area contributed by atoms with Crippen LogP contribution in [0, 0.1) is 6.92 Å². The molecule has 0 bridgehead atoms. The van der Waals surface area contributed by atoms with E-state index in [4.69, 9.17) is 4.42 Å². The first kappa shape index (κ1) is 19.4. The van der Waals surface area contributed by atoms with E-state index in [1.54, 1.807) is 30.3 Å². The van der Waals surface area contributed by atoms with Crippen LogP contribution in [0.5, 0.6) is 0 Å². The largest absolute Gasteiger partial charge is 0.448 e. The second kappa shape index (κ2) is 9.05. The van der Waals surface area contributed by atoms with Gasteiger partial charge in [0, 0.05) is 23.1 Å². The number of hydrogen-bond donors (Lipinski definition) is 2. The Morgan fingerprint density at radius 3 is 2.61 bits per heavy atom. The average Bonchev–Trinajstić information content (AvgIpc) is 3.10. The number of aryl methyl sites for hydroxylation is 1. The molecule has 28 heavy (non-hydrogen) atoms. The van der Waals surface area contributed by atoms with E-state index in [-0.39, 0.29) is 11.8 Å². The maximum Gasteiger partial charge on any atom is 0.271 e. The van der Waals surface area contributed by atoms with Crippen molar-refractivity contribution in [2.24, 2.45) is 5.10 Å². The molecule has 0 radical (unpaired) electrons. The van der Waals surface area contributed by atoms with E-state index in [1.165, 1.54) is 30.5 Å². The number of nitrogens with zero attached hydrogens (tertiary/aromatic N) is 1. The van der Waals surface area contributed by atoms with E-state index in [2.05, 4.69) is 15.8 Å². The highest BCUT2D eigenvalue weighted by Gasteiger charge is 2.06. The Hall–Kier alpha value is -3.32. The zero-order chi connectivity index (χ0) is 19.9. The van der Waals surface area contributed by atoms with Crippen molar-refractivity contribution in [3.63, 3.8) is 0 Å². The monoisotopic (exact) mass is 393 g/mol. The van der Waals surface area contributed by atoms with Crippen LogP contribution in [0.3, 0.4) is 0 Å². The van der Waals surface area contributed by atoms with Gasteiger partial charge in [0.15, 0.2) is 5.09 Å². The van der Waals surface area contributed by atoms with Gasteiger partial charge < -0.3 is 9.73 Å². The highest BCUT2D eigenvalue weighted by atomic mass is 32.2. The lowest BCUT2D eigenvalue weighted by Gasteiger charge is -2.04. The number of nitrogens with one attached hydrogen (secondary N) is 2. The van der Waals surface area contributed by atoms with Gasteiger partial charge in [-0.3, -0.25) is 9.59 Å². The fourth-order valence-electron chi connectivity index (χ4n) is 2.34. The molecule has 3 aromatic rings. The Morgan fingerprint density at radius 2 is 1.86 bits per heavy atom. The van der Waals surface area contributed by atoms with Crippen molar-refractivity contribution < 1.29 is 14.0 Å². The summed E-state index contributed by atoms with van der Waals surface area (Å²) in [6.45, 7) is 3.45. The molecular weight excluding hydrogens is 374 g/mol. The number of rotatable bonds is 6. The van der Waals surface area contributed by atoms with Crippen LogP contribution in [0.2, 0.25) is 0 Å². The lowest BCUT2D eigenvalue weighted by atomic mass is 10.2. The van der Waals surface area contributed by atoms with Crippen molar-refractivity contribution in [1.82, 2.24) is 5.43 Å². The molecule has 0 atom stereocenters. The minimum atomic E-state index is -0.385. The summed E-state index contributed by atoms with van der Waals surface area (Å²) in [4.78, 5) is 24.4. The molecule has 2 aromatic carbocycles. The van der Waals surface area contributed by atoms with Crippen LogP contribution in [-0.4, -0.2) is 18.0 Å². The molecule has 2 amide bonds. The molecule has 7 heteroatoms. The molecule has 0 aliphatic rings. The van der Waals surface area contributed by atoms with E-state index in [0.717, 1.165) is 9.99 Å². The molecule has 3 rings (SSSR count). The van der Waals surface area contributed by atoms with Gasteiger partial charge in [0.2, 0.25) is 5.91 Å². The highest BCUT2D eigenvalue weighted by molar-refractivity contribution is 7.99. The van der Waals surface area contributed by atoms with Gasteiger partial charge in [-0.1, -0.05) is 35.5 Å². The third-order valence-corrected chi connectivity index (χ3v) is 4.57. The van der Waals surface area contributed by atoms with Crippen LogP contribution < -0.4 is 10.7 Å². The predicted molar refractivity (Wildman–Crippen MR) is 110 cm³/mol. The first-order valence-electron chi connectivity index (χ1n) is 8.55. The minimum Gasteiger partial charge on any atom is -0.448 e. The first-order chi connectivity index (χ1) is 13.5. The van der Waals surface area contributed by atoms with Gasteiger partial charge >= 0.3 is 0 Å². The molecule has 142 valence electrons. The Kier molecular flexibility index (Phi) is 6.29. The molecule has 0 unspecified atom stereocenters. The number of anilines is 1. The number of carbonyl (C=O) groups is 2. The van der Waals surface area contributed by atoms with Crippen molar-refractivity contribution in [3.05, 3.63) is 77.6 Å². The minimum absolute atomic E-state index is 0.201. The summed E-state index contributed by atoms with van der Waals surface area (Å²) in [5.74, 6) is -0.0566. The third-order valence-electron chi connectivity index (χ3n) is 3.64. The Morgan fingerprint density at radius 1 is 1.07 bits per heavy atom. The molecule has 0 saturated heterocycles. The standard InChI is InChI=1S/C21H19N3O3S/c1-14-6-9-19(10-7-14)28-20-11-8-18(27-20)13-22-24-21(26)16-4-3-5-17(12-16)23-15(2)25/h3-13H,1-2H3,(H,23,25)(H,24,26). The van der Waals surface area contributed by atoms with Gasteiger partial charge in [-0.25, -0.2) is 5.43 Å². The third kappa shape index (κ3) is 5.59. The average molecular weight is 393 g/mol. The fraction of sp³-hybridized carbons (Fsp3) is 0.0952. The summed E-state index contributed by atoms with van der Waals surface area (Å²) >= 11 is 1.51. The lowest BCUT2D eigenvalue weighted by Crippen LogP contribution is -2.18.